The van der Waals surface area contributed by atoms with E-state index in [9.17, 15) is 35.9 Å². The molecule has 1 amide bonds. The SMILES string of the molecule is CC(C)N(CC(=O)O)CC(=O)Nc1cc(C(F)(F)F)cc(C(F)(F)F)c1. The predicted molar refractivity (Wildman–Crippen MR) is 79.4 cm³/mol. The number of carboxylic acid groups (broad SMARTS) is 1. The van der Waals surface area contributed by atoms with Gasteiger partial charge in [0.2, 0.25) is 5.91 Å². The fourth-order valence-corrected chi connectivity index (χ4v) is 2.01. The van der Waals surface area contributed by atoms with Gasteiger partial charge in [-0.1, -0.05) is 0 Å². The fraction of sp³-hybridized carbons (Fsp3) is 0.467. The number of alkyl halides is 6. The van der Waals surface area contributed by atoms with Crippen molar-refractivity contribution < 1.29 is 41.0 Å². The van der Waals surface area contributed by atoms with Gasteiger partial charge in [0, 0.05) is 11.7 Å². The van der Waals surface area contributed by atoms with E-state index < -0.39 is 54.1 Å². The van der Waals surface area contributed by atoms with Gasteiger partial charge in [-0.15, -0.1) is 0 Å². The molecule has 11 heteroatoms. The molecule has 2 N–H and O–H groups in total. The van der Waals surface area contributed by atoms with E-state index in [4.69, 9.17) is 5.11 Å². The molecule has 1 rings (SSSR count). The second kappa shape index (κ2) is 7.94. The quantitative estimate of drug-likeness (QED) is 0.735. The van der Waals surface area contributed by atoms with Gasteiger partial charge >= 0.3 is 18.3 Å². The van der Waals surface area contributed by atoms with Crippen LogP contribution in [0.25, 0.3) is 0 Å². The molecular formula is C15H16F6N2O3. The first-order valence-electron chi connectivity index (χ1n) is 7.25. The fourth-order valence-electron chi connectivity index (χ4n) is 2.01. The maximum atomic E-state index is 12.8. The molecule has 0 aromatic heterocycles. The maximum absolute atomic E-state index is 12.8. The normalized spacial score (nSPS) is 12.5. The Morgan fingerprint density at radius 2 is 1.46 bits per heavy atom. The Bertz CT molecular complexity index is 638. The summed E-state index contributed by atoms with van der Waals surface area (Å²) in [5.74, 6) is -2.17. The molecule has 0 aliphatic carbocycles. The number of amides is 1. The highest BCUT2D eigenvalue weighted by Crippen LogP contribution is 2.37. The average Bonchev–Trinajstić information content (AvgIpc) is 2.43. The highest BCUT2D eigenvalue weighted by molar-refractivity contribution is 5.92. The highest BCUT2D eigenvalue weighted by atomic mass is 19.4. The molecule has 0 unspecified atom stereocenters. The third-order valence-corrected chi connectivity index (χ3v) is 3.29. The predicted octanol–water partition coefficient (Wildman–Crippen LogP) is 3.46. The zero-order chi connectivity index (χ0) is 20.3. The number of halogens is 6. The Hall–Kier alpha value is -2.30. The van der Waals surface area contributed by atoms with E-state index in [1.165, 1.54) is 4.90 Å². The van der Waals surface area contributed by atoms with Gasteiger partial charge in [0.1, 0.15) is 0 Å². The van der Waals surface area contributed by atoms with Crippen LogP contribution >= 0.6 is 0 Å². The molecule has 1 aromatic carbocycles. The number of aliphatic carboxylic acids is 1. The summed E-state index contributed by atoms with van der Waals surface area (Å²) in [5, 5.41) is 10.7. The minimum absolute atomic E-state index is 0.0551. The van der Waals surface area contributed by atoms with Crippen LogP contribution in [0, 0.1) is 0 Å². The number of benzene rings is 1. The molecule has 0 saturated carbocycles. The molecule has 0 fully saturated rings. The van der Waals surface area contributed by atoms with Gasteiger partial charge in [-0.05, 0) is 32.0 Å². The van der Waals surface area contributed by atoms with E-state index in [0.717, 1.165) is 0 Å². The van der Waals surface area contributed by atoms with Crippen LogP contribution < -0.4 is 5.32 Å². The number of rotatable bonds is 6. The summed E-state index contributed by atoms with van der Waals surface area (Å²) in [5.41, 5.74) is -3.81. The summed E-state index contributed by atoms with van der Waals surface area (Å²) in [6.45, 7) is 2.15. The van der Waals surface area contributed by atoms with Gasteiger partial charge in [0.25, 0.3) is 0 Å². The van der Waals surface area contributed by atoms with Crippen LogP contribution in [-0.2, 0) is 21.9 Å². The standard InChI is InChI=1S/C15H16F6N2O3/c1-8(2)23(7-13(25)26)6-12(24)22-11-4-9(14(16,17)18)3-10(5-11)15(19,20)21/h3-5,8H,6-7H2,1-2H3,(H,22,24)(H,25,26). The van der Waals surface area contributed by atoms with Crippen molar-refractivity contribution in [2.75, 3.05) is 18.4 Å². The molecule has 0 heterocycles. The van der Waals surface area contributed by atoms with Crippen molar-refractivity contribution in [3.8, 4) is 0 Å². The molecular weight excluding hydrogens is 370 g/mol. The van der Waals surface area contributed by atoms with Gasteiger partial charge in [0.05, 0.1) is 24.2 Å². The van der Waals surface area contributed by atoms with Crippen molar-refractivity contribution >= 4 is 17.6 Å². The van der Waals surface area contributed by atoms with Crippen LogP contribution in [0.4, 0.5) is 32.0 Å². The maximum Gasteiger partial charge on any atom is 0.416 e. The highest BCUT2D eigenvalue weighted by Gasteiger charge is 2.37. The molecule has 0 atom stereocenters. The summed E-state index contributed by atoms with van der Waals surface area (Å²) in [4.78, 5) is 23.9. The summed E-state index contributed by atoms with van der Waals surface area (Å²) in [6.07, 6.45) is -10.1. The number of hydrogen-bond acceptors (Lipinski definition) is 3. The number of nitrogens with zero attached hydrogens (tertiary/aromatic N) is 1. The van der Waals surface area contributed by atoms with Crippen LogP contribution in [0.2, 0.25) is 0 Å². The number of nitrogens with one attached hydrogen (secondary N) is 1. The lowest BCUT2D eigenvalue weighted by molar-refractivity contribution is -0.143. The van der Waals surface area contributed by atoms with E-state index >= 15 is 0 Å². The number of carbonyl (C=O) groups is 2. The van der Waals surface area contributed by atoms with E-state index in [-0.39, 0.29) is 12.1 Å². The van der Waals surface area contributed by atoms with E-state index in [0.29, 0.717) is 12.1 Å². The number of carbonyl (C=O) groups excluding carboxylic acids is 1. The minimum Gasteiger partial charge on any atom is -0.480 e. The molecule has 26 heavy (non-hydrogen) atoms. The Morgan fingerprint density at radius 1 is 1.00 bits per heavy atom. The van der Waals surface area contributed by atoms with Crippen LogP contribution in [0.15, 0.2) is 18.2 Å². The molecule has 0 spiro atoms. The molecule has 0 radical (unpaired) electrons. The second-order valence-electron chi connectivity index (χ2n) is 5.74. The summed E-state index contributed by atoms with van der Waals surface area (Å²) in [6, 6.07) is 0.318. The van der Waals surface area contributed by atoms with Crippen molar-refractivity contribution in [2.24, 2.45) is 0 Å². The summed E-state index contributed by atoms with van der Waals surface area (Å²) < 4.78 is 76.7. The lowest BCUT2D eigenvalue weighted by Gasteiger charge is -2.24. The number of carboxylic acids is 1. The first-order valence-corrected chi connectivity index (χ1v) is 7.25. The third-order valence-electron chi connectivity index (χ3n) is 3.29. The van der Waals surface area contributed by atoms with Gasteiger partial charge in [-0.3, -0.25) is 14.5 Å². The molecule has 0 aliphatic heterocycles. The number of hydrogen-bond donors (Lipinski definition) is 2. The van der Waals surface area contributed by atoms with Crippen LogP contribution in [0.5, 0.6) is 0 Å². The topological polar surface area (TPSA) is 69.6 Å². The van der Waals surface area contributed by atoms with Gasteiger partial charge < -0.3 is 10.4 Å². The van der Waals surface area contributed by atoms with Crippen molar-refractivity contribution in [3.63, 3.8) is 0 Å². The molecule has 5 nitrogen and oxygen atoms in total. The summed E-state index contributed by atoms with van der Waals surface area (Å²) >= 11 is 0. The van der Waals surface area contributed by atoms with Gasteiger partial charge in [-0.2, -0.15) is 26.3 Å². The lowest BCUT2D eigenvalue weighted by Crippen LogP contribution is -2.41. The molecule has 1 aromatic rings. The zero-order valence-corrected chi connectivity index (χ0v) is 13.7. The Labute approximate surface area is 144 Å². The van der Waals surface area contributed by atoms with Crippen molar-refractivity contribution in [1.29, 1.82) is 0 Å². The first-order chi connectivity index (χ1) is 11.7. The first kappa shape index (κ1) is 21.7. The minimum atomic E-state index is -5.03. The van der Waals surface area contributed by atoms with Crippen LogP contribution in [0.1, 0.15) is 25.0 Å². The number of anilines is 1. The Balaban J connectivity index is 3.07. The lowest BCUT2D eigenvalue weighted by atomic mass is 10.1. The molecule has 146 valence electrons. The Morgan fingerprint density at radius 3 is 1.81 bits per heavy atom. The Kier molecular flexibility index (Phi) is 6.64. The second-order valence-corrected chi connectivity index (χ2v) is 5.74. The van der Waals surface area contributed by atoms with Crippen LogP contribution in [0.3, 0.4) is 0 Å². The van der Waals surface area contributed by atoms with Crippen molar-refractivity contribution in [1.82, 2.24) is 4.90 Å². The third kappa shape index (κ3) is 6.54. The largest absolute Gasteiger partial charge is 0.480 e. The van der Waals surface area contributed by atoms with Crippen LogP contribution in [-0.4, -0.2) is 41.0 Å². The molecule has 0 bridgehead atoms. The van der Waals surface area contributed by atoms with Gasteiger partial charge in [-0.25, -0.2) is 0 Å². The van der Waals surface area contributed by atoms with Crippen molar-refractivity contribution in [2.45, 2.75) is 32.2 Å². The zero-order valence-electron chi connectivity index (χ0n) is 13.7. The van der Waals surface area contributed by atoms with E-state index in [1.807, 2.05) is 5.32 Å². The monoisotopic (exact) mass is 386 g/mol. The summed E-state index contributed by atoms with van der Waals surface area (Å²) in [7, 11) is 0. The van der Waals surface area contributed by atoms with E-state index in [2.05, 4.69) is 0 Å². The molecule has 0 saturated heterocycles. The smallest absolute Gasteiger partial charge is 0.416 e. The molecule has 0 aliphatic rings. The average molecular weight is 386 g/mol. The van der Waals surface area contributed by atoms with E-state index in [1.54, 1.807) is 13.8 Å². The van der Waals surface area contributed by atoms with Gasteiger partial charge in [0.15, 0.2) is 0 Å². The van der Waals surface area contributed by atoms with Crippen molar-refractivity contribution in [3.05, 3.63) is 29.3 Å².